The minimum Gasteiger partial charge on any atom is -0.371 e. The summed E-state index contributed by atoms with van der Waals surface area (Å²) in [6.45, 7) is 5.66. The Morgan fingerprint density at radius 3 is 2.53 bits per heavy atom. The van der Waals surface area contributed by atoms with Crippen molar-refractivity contribution in [2.75, 3.05) is 30.8 Å². The van der Waals surface area contributed by atoms with Crippen molar-refractivity contribution in [2.45, 2.75) is 39.3 Å². The standard InChI is InChI=1S/C24H32FN3O3S/c1-18-7-6-14-27(15-18)22-12-10-20(11-13-22)19(2)26-24(29)17-28(32(3,30)31)16-21-8-4-5-9-23(21)25/h4-5,8-13,18-19H,6-7,14-17H2,1-3H3,(H,26,29)/t18-,19-/m1/s1. The van der Waals surface area contributed by atoms with E-state index in [9.17, 15) is 17.6 Å². The zero-order chi connectivity index (χ0) is 23.3. The highest BCUT2D eigenvalue weighted by Gasteiger charge is 2.23. The molecule has 0 radical (unpaired) electrons. The fourth-order valence-corrected chi connectivity index (χ4v) is 4.76. The number of anilines is 1. The lowest BCUT2D eigenvalue weighted by Crippen LogP contribution is -2.40. The number of sulfonamides is 1. The summed E-state index contributed by atoms with van der Waals surface area (Å²) in [5, 5.41) is 2.85. The number of piperidine rings is 1. The van der Waals surface area contributed by atoms with E-state index in [1.807, 2.05) is 19.1 Å². The van der Waals surface area contributed by atoms with Gasteiger partial charge in [0.2, 0.25) is 15.9 Å². The first kappa shape index (κ1) is 24.2. The third-order valence-electron chi connectivity index (χ3n) is 5.89. The number of carbonyl (C=O) groups is 1. The van der Waals surface area contributed by atoms with Gasteiger partial charge in [-0.05, 0) is 49.4 Å². The lowest BCUT2D eigenvalue weighted by atomic mass is 9.99. The fourth-order valence-electron chi connectivity index (χ4n) is 4.04. The van der Waals surface area contributed by atoms with Gasteiger partial charge in [-0.15, -0.1) is 0 Å². The Labute approximate surface area is 190 Å². The van der Waals surface area contributed by atoms with Crippen LogP contribution in [0.1, 0.15) is 43.9 Å². The maximum atomic E-state index is 14.0. The van der Waals surface area contributed by atoms with E-state index in [4.69, 9.17) is 0 Å². The quantitative estimate of drug-likeness (QED) is 0.651. The third kappa shape index (κ3) is 6.53. The second kappa shape index (κ2) is 10.4. The van der Waals surface area contributed by atoms with Crippen molar-refractivity contribution < 1.29 is 17.6 Å². The molecule has 1 heterocycles. The van der Waals surface area contributed by atoms with Gasteiger partial charge in [0.15, 0.2) is 0 Å². The van der Waals surface area contributed by atoms with Gasteiger partial charge in [-0.1, -0.05) is 37.3 Å². The van der Waals surface area contributed by atoms with Crippen LogP contribution < -0.4 is 10.2 Å². The average molecular weight is 462 g/mol. The Morgan fingerprint density at radius 2 is 1.91 bits per heavy atom. The number of nitrogens with one attached hydrogen (secondary N) is 1. The van der Waals surface area contributed by atoms with E-state index in [0.29, 0.717) is 5.92 Å². The topological polar surface area (TPSA) is 69.7 Å². The Bertz CT molecular complexity index is 1030. The molecule has 3 rings (SSSR count). The Hall–Kier alpha value is -2.45. The molecule has 1 N–H and O–H groups in total. The van der Waals surface area contributed by atoms with Crippen LogP contribution >= 0.6 is 0 Å². The maximum absolute atomic E-state index is 14.0. The molecule has 1 aliphatic rings. The van der Waals surface area contributed by atoms with E-state index < -0.39 is 21.7 Å². The maximum Gasteiger partial charge on any atom is 0.235 e. The molecule has 1 aliphatic heterocycles. The molecule has 174 valence electrons. The molecule has 1 fully saturated rings. The summed E-state index contributed by atoms with van der Waals surface area (Å²) >= 11 is 0. The first-order valence-electron chi connectivity index (χ1n) is 11.0. The molecule has 0 bridgehead atoms. The summed E-state index contributed by atoms with van der Waals surface area (Å²) in [6.07, 6.45) is 3.48. The number of benzene rings is 2. The molecular formula is C24H32FN3O3S. The second-order valence-electron chi connectivity index (χ2n) is 8.70. The lowest BCUT2D eigenvalue weighted by molar-refractivity contribution is -0.122. The van der Waals surface area contributed by atoms with E-state index in [1.54, 1.807) is 6.07 Å². The van der Waals surface area contributed by atoms with E-state index >= 15 is 0 Å². The molecule has 8 heteroatoms. The molecule has 0 aromatic heterocycles. The van der Waals surface area contributed by atoms with Gasteiger partial charge < -0.3 is 10.2 Å². The molecule has 2 aromatic carbocycles. The first-order valence-corrected chi connectivity index (χ1v) is 12.8. The van der Waals surface area contributed by atoms with Crippen molar-refractivity contribution in [3.8, 4) is 0 Å². The summed E-state index contributed by atoms with van der Waals surface area (Å²) in [4.78, 5) is 15.0. The number of carbonyl (C=O) groups excluding carboxylic acids is 1. The zero-order valence-corrected chi connectivity index (χ0v) is 19.7. The fraction of sp³-hybridized carbons (Fsp3) is 0.458. The number of amides is 1. The van der Waals surface area contributed by atoms with Crippen LogP contribution in [0.5, 0.6) is 0 Å². The average Bonchev–Trinajstić information content (AvgIpc) is 2.74. The molecule has 0 aliphatic carbocycles. The van der Waals surface area contributed by atoms with Gasteiger partial charge in [0, 0.05) is 30.9 Å². The summed E-state index contributed by atoms with van der Waals surface area (Å²) in [6, 6.07) is 13.8. The molecule has 32 heavy (non-hydrogen) atoms. The smallest absolute Gasteiger partial charge is 0.235 e. The van der Waals surface area contributed by atoms with Gasteiger partial charge in [0.1, 0.15) is 5.82 Å². The van der Waals surface area contributed by atoms with Crippen molar-refractivity contribution in [2.24, 2.45) is 5.92 Å². The summed E-state index contributed by atoms with van der Waals surface area (Å²) in [7, 11) is -3.70. The predicted octanol–water partition coefficient (Wildman–Crippen LogP) is 3.70. The van der Waals surface area contributed by atoms with Crippen LogP contribution in [0.4, 0.5) is 10.1 Å². The van der Waals surface area contributed by atoms with Crippen molar-refractivity contribution in [3.63, 3.8) is 0 Å². The van der Waals surface area contributed by atoms with Crippen LogP contribution in [0.25, 0.3) is 0 Å². The molecular weight excluding hydrogens is 429 g/mol. The van der Waals surface area contributed by atoms with E-state index in [2.05, 4.69) is 29.3 Å². The molecule has 1 amide bonds. The highest BCUT2D eigenvalue weighted by atomic mass is 32.2. The van der Waals surface area contributed by atoms with Crippen molar-refractivity contribution in [1.29, 1.82) is 0 Å². The van der Waals surface area contributed by atoms with Crippen LogP contribution in [-0.4, -0.2) is 44.5 Å². The molecule has 6 nitrogen and oxygen atoms in total. The largest absolute Gasteiger partial charge is 0.371 e. The van der Waals surface area contributed by atoms with Crippen LogP contribution in [0, 0.1) is 11.7 Å². The second-order valence-corrected chi connectivity index (χ2v) is 10.7. The highest BCUT2D eigenvalue weighted by Crippen LogP contribution is 2.24. The van der Waals surface area contributed by atoms with Gasteiger partial charge in [-0.2, -0.15) is 4.31 Å². The Kier molecular flexibility index (Phi) is 7.90. The SMILES string of the molecule is C[C@@H]1CCCN(c2ccc([C@@H](C)NC(=O)CN(Cc3ccccc3F)S(C)(=O)=O)cc2)C1. The van der Waals surface area contributed by atoms with E-state index in [1.165, 1.54) is 36.7 Å². The Morgan fingerprint density at radius 1 is 1.22 bits per heavy atom. The number of hydrogen-bond donors (Lipinski definition) is 1. The van der Waals surface area contributed by atoms with Crippen LogP contribution in [0.2, 0.25) is 0 Å². The molecule has 0 saturated carbocycles. The molecule has 2 atom stereocenters. The lowest BCUT2D eigenvalue weighted by Gasteiger charge is -2.33. The molecule has 0 spiro atoms. The monoisotopic (exact) mass is 461 g/mol. The molecule has 1 saturated heterocycles. The summed E-state index contributed by atoms with van der Waals surface area (Å²) in [5.74, 6) is -0.255. The number of rotatable bonds is 8. The third-order valence-corrected chi connectivity index (χ3v) is 7.08. The van der Waals surface area contributed by atoms with Crippen molar-refractivity contribution in [3.05, 3.63) is 65.5 Å². The van der Waals surface area contributed by atoms with Gasteiger partial charge in [-0.3, -0.25) is 4.79 Å². The van der Waals surface area contributed by atoms with Crippen LogP contribution in [0.15, 0.2) is 48.5 Å². The van der Waals surface area contributed by atoms with Gasteiger partial charge in [-0.25, -0.2) is 12.8 Å². The van der Waals surface area contributed by atoms with E-state index in [0.717, 1.165) is 29.2 Å². The van der Waals surface area contributed by atoms with E-state index in [-0.39, 0.29) is 24.7 Å². The minimum absolute atomic E-state index is 0.198. The van der Waals surface area contributed by atoms with Gasteiger partial charge in [0.05, 0.1) is 18.8 Å². The number of halogens is 1. The van der Waals surface area contributed by atoms with Crippen LogP contribution in [-0.2, 0) is 21.4 Å². The van der Waals surface area contributed by atoms with Crippen molar-refractivity contribution in [1.82, 2.24) is 9.62 Å². The normalized spacial score (nSPS) is 17.9. The summed E-state index contributed by atoms with van der Waals surface area (Å²) < 4.78 is 39.3. The highest BCUT2D eigenvalue weighted by molar-refractivity contribution is 7.88. The summed E-state index contributed by atoms with van der Waals surface area (Å²) in [5.41, 5.74) is 2.33. The van der Waals surface area contributed by atoms with Crippen LogP contribution in [0.3, 0.4) is 0 Å². The zero-order valence-electron chi connectivity index (χ0n) is 18.9. The number of nitrogens with zero attached hydrogens (tertiary/aromatic N) is 2. The van der Waals surface area contributed by atoms with Crippen molar-refractivity contribution >= 4 is 21.6 Å². The molecule has 2 aromatic rings. The Balaban J connectivity index is 1.61. The van der Waals surface area contributed by atoms with Gasteiger partial charge in [0.25, 0.3) is 0 Å². The number of hydrogen-bond acceptors (Lipinski definition) is 4. The first-order chi connectivity index (χ1) is 15.1. The predicted molar refractivity (Wildman–Crippen MR) is 125 cm³/mol. The minimum atomic E-state index is -3.70. The van der Waals surface area contributed by atoms with Gasteiger partial charge >= 0.3 is 0 Å². The molecule has 0 unspecified atom stereocenters.